The number of amides is 1. The second-order valence-corrected chi connectivity index (χ2v) is 7.98. The van der Waals surface area contributed by atoms with E-state index in [0.717, 1.165) is 29.0 Å². The fraction of sp³-hybridized carbons (Fsp3) is 0.381. The monoisotopic (exact) mass is 429 g/mol. The first kappa shape index (κ1) is 21.8. The number of unbranched alkanes of at least 4 members (excludes halogenated alkanes) is 5. The molecule has 0 aliphatic heterocycles. The Hall–Kier alpha value is -2.94. The van der Waals surface area contributed by atoms with Gasteiger partial charge in [0.2, 0.25) is 5.13 Å². The fourth-order valence-electron chi connectivity index (χ4n) is 2.92. The lowest BCUT2D eigenvalue weighted by atomic mass is 10.1. The van der Waals surface area contributed by atoms with Gasteiger partial charge in [0.05, 0.1) is 5.69 Å². The topological polar surface area (TPSA) is 89.8 Å². The molecule has 2 heterocycles. The molecule has 158 valence electrons. The minimum Gasteiger partial charge on any atom is -0.295 e. The molecule has 7 nitrogen and oxygen atoms in total. The van der Waals surface area contributed by atoms with Crippen molar-refractivity contribution >= 4 is 22.4 Å². The van der Waals surface area contributed by atoms with Crippen LogP contribution in [0.1, 0.15) is 60.9 Å². The second-order valence-electron chi connectivity index (χ2n) is 6.92. The van der Waals surface area contributed by atoms with E-state index in [1.165, 1.54) is 73.4 Å². The van der Waals surface area contributed by atoms with Crippen LogP contribution in [0.4, 0.5) is 9.52 Å². The summed E-state index contributed by atoms with van der Waals surface area (Å²) < 4.78 is 14.2. The summed E-state index contributed by atoms with van der Waals surface area (Å²) in [5.74, 6) is -0.915. The molecule has 0 saturated carbocycles. The molecule has 0 aliphatic rings. The Bertz CT molecular complexity index is 1030. The molecule has 3 aromatic rings. The van der Waals surface area contributed by atoms with Gasteiger partial charge < -0.3 is 0 Å². The number of hydrogen-bond acceptors (Lipinski definition) is 6. The first-order valence-electron chi connectivity index (χ1n) is 10.1. The molecule has 30 heavy (non-hydrogen) atoms. The molecule has 3 rings (SSSR count). The van der Waals surface area contributed by atoms with E-state index < -0.39 is 17.3 Å². The van der Waals surface area contributed by atoms with Crippen LogP contribution < -0.4 is 10.9 Å². The summed E-state index contributed by atoms with van der Waals surface area (Å²) in [5.41, 5.74) is -0.00455. The quantitative estimate of drug-likeness (QED) is 0.483. The Morgan fingerprint density at radius 2 is 1.77 bits per heavy atom. The van der Waals surface area contributed by atoms with Crippen LogP contribution in [-0.2, 0) is 6.42 Å². The van der Waals surface area contributed by atoms with E-state index >= 15 is 0 Å². The van der Waals surface area contributed by atoms with Crippen LogP contribution >= 0.6 is 11.3 Å². The van der Waals surface area contributed by atoms with Crippen molar-refractivity contribution in [2.75, 3.05) is 5.32 Å². The number of anilines is 1. The smallest absolute Gasteiger partial charge is 0.277 e. The van der Waals surface area contributed by atoms with Crippen molar-refractivity contribution in [2.24, 2.45) is 0 Å². The number of nitrogens with one attached hydrogen (secondary N) is 1. The van der Waals surface area contributed by atoms with Crippen molar-refractivity contribution in [1.82, 2.24) is 20.0 Å². The number of nitrogens with zero attached hydrogens (tertiary/aromatic N) is 4. The number of halogens is 1. The lowest BCUT2D eigenvalue weighted by Crippen LogP contribution is -2.24. The molecule has 0 spiro atoms. The van der Waals surface area contributed by atoms with Crippen molar-refractivity contribution in [2.45, 2.75) is 51.9 Å². The Morgan fingerprint density at radius 1 is 1.03 bits per heavy atom. The van der Waals surface area contributed by atoms with Gasteiger partial charge in [-0.3, -0.25) is 14.9 Å². The van der Waals surface area contributed by atoms with Crippen molar-refractivity contribution in [3.05, 3.63) is 63.3 Å². The molecular formula is C21H24FN5O2S. The van der Waals surface area contributed by atoms with Gasteiger partial charge in [0.25, 0.3) is 11.5 Å². The average molecular weight is 430 g/mol. The van der Waals surface area contributed by atoms with Crippen LogP contribution in [-0.4, -0.2) is 25.9 Å². The van der Waals surface area contributed by atoms with Gasteiger partial charge in [0.15, 0.2) is 0 Å². The predicted molar refractivity (Wildman–Crippen MR) is 115 cm³/mol. The zero-order valence-corrected chi connectivity index (χ0v) is 17.6. The van der Waals surface area contributed by atoms with Gasteiger partial charge in [0, 0.05) is 12.5 Å². The molecule has 9 heteroatoms. The summed E-state index contributed by atoms with van der Waals surface area (Å²) in [6.07, 6.45) is 8.06. The summed E-state index contributed by atoms with van der Waals surface area (Å²) in [6.45, 7) is 2.20. The summed E-state index contributed by atoms with van der Waals surface area (Å²) >= 11 is 1.34. The molecule has 0 bridgehead atoms. The molecule has 0 radical (unpaired) electrons. The Morgan fingerprint density at radius 3 is 2.53 bits per heavy atom. The number of benzene rings is 1. The Labute approximate surface area is 178 Å². The van der Waals surface area contributed by atoms with E-state index in [4.69, 9.17) is 0 Å². The third kappa shape index (κ3) is 6.03. The fourth-order valence-corrected chi connectivity index (χ4v) is 3.70. The maximum Gasteiger partial charge on any atom is 0.277 e. The van der Waals surface area contributed by atoms with Gasteiger partial charge in [-0.15, -0.1) is 10.2 Å². The Kier molecular flexibility index (Phi) is 7.78. The van der Waals surface area contributed by atoms with Crippen molar-refractivity contribution in [3.8, 4) is 5.69 Å². The number of aromatic nitrogens is 4. The van der Waals surface area contributed by atoms with Crippen LogP contribution in [0.25, 0.3) is 5.69 Å². The molecule has 1 amide bonds. The zero-order chi connectivity index (χ0) is 21.3. The van der Waals surface area contributed by atoms with E-state index in [1.807, 2.05) is 0 Å². The van der Waals surface area contributed by atoms with Gasteiger partial charge >= 0.3 is 0 Å². The number of hydrogen-bond donors (Lipinski definition) is 1. The maximum atomic E-state index is 13.1. The molecular weight excluding hydrogens is 405 g/mol. The minimum atomic E-state index is -0.492. The molecule has 0 unspecified atom stereocenters. The van der Waals surface area contributed by atoms with E-state index in [-0.39, 0.29) is 5.69 Å². The molecule has 1 aromatic carbocycles. The second kappa shape index (κ2) is 10.7. The zero-order valence-electron chi connectivity index (χ0n) is 16.8. The number of carbonyl (C=O) groups is 1. The molecule has 1 N–H and O–H groups in total. The van der Waals surface area contributed by atoms with Gasteiger partial charge in [0.1, 0.15) is 16.5 Å². The van der Waals surface area contributed by atoms with Crippen LogP contribution in [0.3, 0.4) is 0 Å². The van der Waals surface area contributed by atoms with E-state index in [9.17, 15) is 14.0 Å². The van der Waals surface area contributed by atoms with E-state index in [1.54, 1.807) is 0 Å². The van der Waals surface area contributed by atoms with Crippen molar-refractivity contribution < 1.29 is 9.18 Å². The van der Waals surface area contributed by atoms with Crippen LogP contribution in [0, 0.1) is 5.82 Å². The van der Waals surface area contributed by atoms with Gasteiger partial charge in [-0.2, -0.15) is 9.78 Å². The SMILES string of the molecule is CCCCCCCCc1nnc(NC(=O)c2ccc(=O)n(-c3ccc(F)cc3)n2)s1. The highest BCUT2D eigenvalue weighted by Crippen LogP contribution is 2.18. The van der Waals surface area contributed by atoms with Crippen LogP contribution in [0.2, 0.25) is 0 Å². The molecule has 0 aliphatic carbocycles. The standard InChI is InChI=1S/C21H24FN5O2S/c1-2-3-4-5-6-7-8-18-24-25-21(30-18)23-20(29)17-13-14-19(28)27(26-17)16-11-9-15(22)10-12-16/h9-14H,2-8H2,1H3,(H,23,25,29). The molecule has 0 saturated heterocycles. The predicted octanol–water partition coefficient (Wildman–Crippen LogP) is 4.38. The number of rotatable bonds is 10. The van der Waals surface area contributed by atoms with Gasteiger partial charge in [-0.1, -0.05) is 50.4 Å². The van der Waals surface area contributed by atoms with Crippen LogP contribution in [0.15, 0.2) is 41.2 Å². The first-order chi connectivity index (χ1) is 14.6. The lowest BCUT2D eigenvalue weighted by Gasteiger charge is -2.06. The molecule has 2 aromatic heterocycles. The number of aryl methyl sites for hydroxylation is 1. The van der Waals surface area contributed by atoms with Gasteiger partial charge in [-0.05, 0) is 36.8 Å². The molecule has 0 atom stereocenters. The number of carbonyl (C=O) groups excluding carboxylic acids is 1. The lowest BCUT2D eigenvalue weighted by molar-refractivity contribution is 0.102. The minimum absolute atomic E-state index is 0.0478. The largest absolute Gasteiger partial charge is 0.295 e. The van der Waals surface area contributed by atoms with Crippen LogP contribution in [0.5, 0.6) is 0 Å². The van der Waals surface area contributed by atoms with Crippen molar-refractivity contribution in [1.29, 1.82) is 0 Å². The van der Waals surface area contributed by atoms with E-state index in [2.05, 4.69) is 27.5 Å². The molecule has 0 fully saturated rings. The summed E-state index contributed by atoms with van der Waals surface area (Å²) in [7, 11) is 0. The highest BCUT2D eigenvalue weighted by Gasteiger charge is 2.14. The third-order valence-electron chi connectivity index (χ3n) is 4.54. The third-order valence-corrected chi connectivity index (χ3v) is 5.43. The summed E-state index contributed by atoms with van der Waals surface area (Å²) in [6, 6.07) is 7.88. The first-order valence-corrected chi connectivity index (χ1v) is 10.9. The highest BCUT2D eigenvalue weighted by molar-refractivity contribution is 7.15. The van der Waals surface area contributed by atoms with Gasteiger partial charge in [-0.25, -0.2) is 4.39 Å². The maximum absolute atomic E-state index is 13.1. The summed E-state index contributed by atoms with van der Waals surface area (Å²) in [4.78, 5) is 24.6. The summed E-state index contributed by atoms with van der Waals surface area (Å²) in [5, 5.41) is 16.2. The normalized spacial score (nSPS) is 10.9. The average Bonchev–Trinajstić information content (AvgIpc) is 3.19. The van der Waals surface area contributed by atoms with Crippen molar-refractivity contribution in [3.63, 3.8) is 0 Å². The Balaban J connectivity index is 1.60. The highest BCUT2D eigenvalue weighted by atomic mass is 32.1. The van der Waals surface area contributed by atoms with E-state index in [0.29, 0.717) is 10.8 Å².